The lowest BCUT2D eigenvalue weighted by Crippen LogP contribution is -2.35. The molecule has 0 unspecified atom stereocenters. The number of rotatable bonds is 4. The third-order valence-electron chi connectivity index (χ3n) is 3.76. The molecule has 1 fully saturated rings. The van der Waals surface area contributed by atoms with Crippen LogP contribution < -0.4 is 11.1 Å². The lowest BCUT2D eigenvalue weighted by atomic mass is 9.95. The Morgan fingerprint density at radius 3 is 2.72 bits per heavy atom. The first kappa shape index (κ1) is 13.1. The summed E-state index contributed by atoms with van der Waals surface area (Å²) in [6, 6.07) is 6.06. The fourth-order valence-electron chi connectivity index (χ4n) is 2.46. The molecule has 0 saturated heterocycles. The van der Waals surface area contributed by atoms with Gasteiger partial charge >= 0.3 is 0 Å². The lowest BCUT2D eigenvalue weighted by molar-refractivity contribution is 0.0985. The van der Waals surface area contributed by atoms with Crippen molar-refractivity contribution in [3.05, 3.63) is 29.3 Å². The van der Waals surface area contributed by atoms with Crippen LogP contribution in [0.1, 0.15) is 48.0 Å². The Hall–Kier alpha value is -1.35. The number of nitrogen functional groups attached to an aromatic ring is 1. The van der Waals surface area contributed by atoms with E-state index in [9.17, 15) is 4.79 Å². The van der Waals surface area contributed by atoms with Crippen molar-refractivity contribution in [3.63, 3.8) is 0 Å². The van der Waals surface area contributed by atoms with Crippen LogP contribution in [0.4, 0.5) is 5.69 Å². The van der Waals surface area contributed by atoms with E-state index < -0.39 is 0 Å². The minimum atomic E-state index is 0.132. The summed E-state index contributed by atoms with van der Waals surface area (Å²) in [7, 11) is 0. The summed E-state index contributed by atoms with van der Waals surface area (Å²) in [4.78, 5) is 12.0. The van der Waals surface area contributed by atoms with Crippen molar-refractivity contribution in [2.24, 2.45) is 0 Å². The predicted molar refractivity (Wildman–Crippen MR) is 74.8 cm³/mol. The SMILES string of the molecule is Cc1ccc(C(=O)CNC2CCCCC2)cc1N. The van der Waals surface area contributed by atoms with Crippen LogP contribution in [0.15, 0.2) is 18.2 Å². The van der Waals surface area contributed by atoms with Gasteiger partial charge in [-0.1, -0.05) is 31.4 Å². The van der Waals surface area contributed by atoms with Gasteiger partial charge in [0.05, 0.1) is 6.54 Å². The maximum atomic E-state index is 12.0. The van der Waals surface area contributed by atoms with Crippen molar-refractivity contribution < 1.29 is 4.79 Å². The highest BCUT2D eigenvalue weighted by molar-refractivity contribution is 5.98. The van der Waals surface area contributed by atoms with Crippen molar-refractivity contribution in [1.29, 1.82) is 0 Å². The Bertz CT molecular complexity index is 423. The van der Waals surface area contributed by atoms with Crippen molar-refractivity contribution >= 4 is 11.5 Å². The number of Topliss-reactive ketones (excluding diaryl/α,β-unsaturated/α-hetero) is 1. The average molecular weight is 246 g/mol. The zero-order valence-corrected chi connectivity index (χ0v) is 11.0. The normalized spacial score (nSPS) is 16.7. The van der Waals surface area contributed by atoms with Crippen molar-refractivity contribution in [1.82, 2.24) is 5.32 Å². The molecule has 1 aliphatic carbocycles. The number of anilines is 1. The highest BCUT2D eigenvalue weighted by atomic mass is 16.1. The molecule has 0 aliphatic heterocycles. The first-order valence-corrected chi connectivity index (χ1v) is 6.79. The Morgan fingerprint density at radius 1 is 1.33 bits per heavy atom. The van der Waals surface area contributed by atoms with Crippen LogP contribution in [-0.4, -0.2) is 18.4 Å². The Kier molecular flexibility index (Phi) is 4.37. The van der Waals surface area contributed by atoms with Gasteiger partial charge in [-0.3, -0.25) is 4.79 Å². The highest BCUT2D eigenvalue weighted by Crippen LogP contribution is 2.17. The molecule has 0 amide bonds. The van der Waals surface area contributed by atoms with Crippen LogP contribution in [-0.2, 0) is 0 Å². The van der Waals surface area contributed by atoms with Gasteiger partial charge in [-0.2, -0.15) is 0 Å². The predicted octanol–water partition coefficient (Wildman–Crippen LogP) is 2.68. The molecule has 0 spiro atoms. The molecule has 2 rings (SSSR count). The fraction of sp³-hybridized carbons (Fsp3) is 0.533. The molecule has 0 radical (unpaired) electrons. The number of nitrogens with two attached hydrogens (primary N) is 1. The number of ketones is 1. The van der Waals surface area contributed by atoms with Gasteiger partial charge in [0.15, 0.2) is 5.78 Å². The van der Waals surface area contributed by atoms with E-state index in [4.69, 9.17) is 5.73 Å². The molecule has 0 aromatic heterocycles. The molecule has 1 aromatic rings. The maximum absolute atomic E-state index is 12.0. The maximum Gasteiger partial charge on any atom is 0.176 e. The van der Waals surface area contributed by atoms with Crippen LogP contribution >= 0.6 is 0 Å². The summed E-state index contributed by atoms with van der Waals surface area (Å²) < 4.78 is 0. The van der Waals surface area contributed by atoms with Gasteiger partial charge < -0.3 is 11.1 Å². The highest BCUT2D eigenvalue weighted by Gasteiger charge is 2.14. The first-order valence-electron chi connectivity index (χ1n) is 6.79. The summed E-state index contributed by atoms with van der Waals surface area (Å²) in [6.45, 7) is 2.37. The van der Waals surface area contributed by atoms with E-state index in [1.165, 1.54) is 32.1 Å². The quantitative estimate of drug-likeness (QED) is 0.634. The van der Waals surface area contributed by atoms with E-state index >= 15 is 0 Å². The van der Waals surface area contributed by atoms with Crippen LogP contribution in [0.25, 0.3) is 0 Å². The molecular formula is C15H22N2O. The lowest BCUT2D eigenvalue weighted by Gasteiger charge is -2.22. The largest absolute Gasteiger partial charge is 0.398 e. The Morgan fingerprint density at radius 2 is 2.06 bits per heavy atom. The smallest absolute Gasteiger partial charge is 0.176 e. The van der Waals surface area contributed by atoms with E-state index in [1.807, 2.05) is 19.1 Å². The number of hydrogen-bond donors (Lipinski definition) is 2. The van der Waals surface area contributed by atoms with E-state index in [0.717, 1.165) is 5.56 Å². The van der Waals surface area contributed by atoms with E-state index in [0.29, 0.717) is 23.8 Å². The second-order valence-electron chi connectivity index (χ2n) is 5.21. The van der Waals surface area contributed by atoms with Gasteiger partial charge in [0.1, 0.15) is 0 Å². The van der Waals surface area contributed by atoms with Crippen molar-refractivity contribution in [2.75, 3.05) is 12.3 Å². The number of hydrogen-bond acceptors (Lipinski definition) is 3. The van der Waals surface area contributed by atoms with Crippen LogP contribution in [0, 0.1) is 6.92 Å². The van der Waals surface area contributed by atoms with Gasteiger partial charge in [0.25, 0.3) is 0 Å². The number of carbonyl (C=O) groups is 1. The minimum absolute atomic E-state index is 0.132. The monoisotopic (exact) mass is 246 g/mol. The van der Waals surface area contributed by atoms with Gasteiger partial charge in [-0.05, 0) is 31.4 Å². The fourth-order valence-corrected chi connectivity index (χ4v) is 2.46. The first-order chi connectivity index (χ1) is 8.66. The third kappa shape index (κ3) is 3.33. The van der Waals surface area contributed by atoms with E-state index in [1.54, 1.807) is 6.07 Å². The zero-order chi connectivity index (χ0) is 13.0. The number of carbonyl (C=O) groups excluding carboxylic acids is 1. The molecule has 3 N–H and O–H groups in total. The van der Waals surface area contributed by atoms with E-state index in [-0.39, 0.29) is 5.78 Å². The van der Waals surface area contributed by atoms with Gasteiger partial charge in [-0.15, -0.1) is 0 Å². The van der Waals surface area contributed by atoms with Gasteiger partial charge in [-0.25, -0.2) is 0 Å². The Labute approximate surface area is 109 Å². The molecular weight excluding hydrogens is 224 g/mol. The summed E-state index contributed by atoms with van der Waals surface area (Å²) >= 11 is 0. The molecule has 3 nitrogen and oxygen atoms in total. The van der Waals surface area contributed by atoms with Gasteiger partial charge in [0.2, 0.25) is 0 Å². The standard InChI is InChI=1S/C15H22N2O/c1-11-7-8-12(9-14(11)16)15(18)10-17-13-5-3-2-4-6-13/h7-9,13,17H,2-6,10,16H2,1H3. The second kappa shape index (κ2) is 6.01. The summed E-state index contributed by atoms with van der Waals surface area (Å²) in [5.74, 6) is 0.132. The Balaban J connectivity index is 1.88. The molecule has 0 bridgehead atoms. The molecule has 1 aromatic carbocycles. The van der Waals surface area contributed by atoms with Gasteiger partial charge in [0, 0.05) is 17.3 Å². The van der Waals surface area contributed by atoms with E-state index in [2.05, 4.69) is 5.32 Å². The summed E-state index contributed by atoms with van der Waals surface area (Å²) in [5, 5.41) is 3.36. The molecule has 3 heteroatoms. The summed E-state index contributed by atoms with van der Waals surface area (Å²) in [6.07, 6.45) is 6.29. The zero-order valence-electron chi connectivity index (χ0n) is 11.0. The van der Waals surface area contributed by atoms with Crippen LogP contribution in [0.5, 0.6) is 0 Å². The number of benzene rings is 1. The molecule has 1 saturated carbocycles. The molecule has 1 aliphatic rings. The average Bonchev–Trinajstić information content (AvgIpc) is 2.40. The molecule has 18 heavy (non-hydrogen) atoms. The molecule has 98 valence electrons. The number of aryl methyl sites for hydroxylation is 1. The van der Waals surface area contributed by atoms with Crippen LogP contribution in [0.2, 0.25) is 0 Å². The summed E-state index contributed by atoms with van der Waals surface area (Å²) in [5.41, 5.74) is 8.25. The van der Waals surface area contributed by atoms with Crippen LogP contribution in [0.3, 0.4) is 0 Å². The minimum Gasteiger partial charge on any atom is -0.398 e. The molecule has 0 heterocycles. The third-order valence-corrected chi connectivity index (χ3v) is 3.76. The topological polar surface area (TPSA) is 55.1 Å². The van der Waals surface area contributed by atoms with Crippen molar-refractivity contribution in [2.45, 2.75) is 45.1 Å². The number of nitrogens with one attached hydrogen (secondary N) is 1. The molecule has 0 atom stereocenters. The van der Waals surface area contributed by atoms with Crippen molar-refractivity contribution in [3.8, 4) is 0 Å². The second-order valence-corrected chi connectivity index (χ2v) is 5.21.